The van der Waals surface area contributed by atoms with E-state index < -0.39 is 0 Å². The molecule has 1 amide bonds. The minimum atomic E-state index is 0.157. The maximum absolute atomic E-state index is 13.5. The van der Waals surface area contributed by atoms with Crippen LogP contribution in [0.3, 0.4) is 0 Å². The van der Waals surface area contributed by atoms with Crippen LogP contribution in [0.25, 0.3) is 0 Å². The maximum atomic E-state index is 13.5. The summed E-state index contributed by atoms with van der Waals surface area (Å²) in [6, 6.07) is 8.33. The fourth-order valence-electron chi connectivity index (χ4n) is 4.97. The van der Waals surface area contributed by atoms with Gasteiger partial charge in [-0.2, -0.15) is 0 Å². The molecule has 0 saturated carbocycles. The Morgan fingerprint density at radius 2 is 2.14 bits per heavy atom. The van der Waals surface area contributed by atoms with Crippen LogP contribution in [0.1, 0.15) is 24.0 Å². The highest BCUT2D eigenvalue weighted by atomic mass is 16.2. The van der Waals surface area contributed by atoms with E-state index in [1.165, 1.54) is 23.2 Å². The van der Waals surface area contributed by atoms with Crippen LogP contribution in [0.4, 0.5) is 0 Å². The minimum Gasteiger partial charge on any atom is -0.316 e. The Bertz CT molecular complexity index is 839. The maximum Gasteiger partial charge on any atom is 0.259 e. The lowest BCUT2D eigenvalue weighted by Crippen LogP contribution is -2.54. The number of nitrogens with one attached hydrogen (secondary N) is 1. The molecule has 6 nitrogen and oxygen atoms in total. The van der Waals surface area contributed by atoms with Crippen molar-refractivity contribution in [2.24, 2.45) is 10.9 Å². The fraction of sp³-hybridized carbons (Fsp3) is 0.545. The molecule has 0 bridgehead atoms. The van der Waals surface area contributed by atoms with E-state index in [0.717, 1.165) is 63.8 Å². The number of guanidine groups is 1. The van der Waals surface area contributed by atoms with Gasteiger partial charge < -0.3 is 10.2 Å². The summed E-state index contributed by atoms with van der Waals surface area (Å²) < 4.78 is 0. The van der Waals surface area contributed by atoms with Gasteiger partial charge >= 0.3 is 0 Å². The Morgan fingerprint density at radius 3 is 2.96 bits per heavy atom. The van der Waals surface area contributed by atoms with Crippen molar-refractivity contribution in [3.8, 4) is 0 Å². The van der Waals surface area contributed by atoms with Crippen LogP contribution in [0.15, 0.2) is 40.5 Å². The van der Waals surface area contributed by atoms with Gasteiger partial charge in [0.25, 0.3) is 5.91 Å². The fourth-order valence-corrected chi connectivity index (χ4v) is 4.97. The van der Waals surface area contributed by atoms with Crippen LogP contribution in [-0.2, 0) is 11.3 Å². The zero-order chi connectivity index (χ0) is 19.1. The molecule has 1 aromatic carbocycles. The molecule has 5 rings (SSSR count). The first-order chi connectivity index (χ1) is 13.7. The number of carbonyl (C=O) groups excluding carboxylic acids is 1. The monoisotopic (exact) mass is 379 g/mol. The number of hydrogen-bond acceptors (Lipinski definition) is 5. The SMILES string of the molecule is Cc1ccccc1CN1C(=O)C2=C(CCN(CC3CCNC3)C2)N2CCN=C12. The molecule has 1 unspecified atom stereocenters. The van der Waals surface area contributed by atoms with Gasteiger partial charge in [0, 0.05) is 38.3 Å². The zero-order valence-electron chi connectivity index (χ0n) is 16.7. The molecule has 4 aliphatic rings. The molecular formula is C22H29N5O. The van der Waals surface area contributed by atoms with Crippen LogP contribution in [0.2, 0.25) is 0 Å². The molecule has 1 atom stereocenters. The number of hydrogen-bond donors (Lipinski definition) is 1. The number of benzene rings is 1. The molecule has 1 fully saturated rings. The summed E-state index contributed by atoms with van der Waals surface area (Å²) in [6.45, 7) is 9.55. The van der Waals surface area contributed by atoms with Crippen molar-refractivity contribution in [1.29, 1.82) is 0 Å². The van der Waals surface area contributed by atoms with Crippen molar-refractivity contribution < 1.29 is 4.79 Å². The summed E-state index contributed by atoms with van der Waals surface area (Å²) in [5, 5.41) is 3.46. The van der Waals surface area contributed by atoms with Crippen LogP contribution >= 0.6 is 0 Å². The standard InChI is InChI=1S/C22H29N5O/c1-16-4-2-3-5-18(16)14-27-21(28)19-15-25(13-17-6-8-23-12-17)10-7-20(19)26-11-9-24-22(26)27/h2-5,17,23H,6-15H2,1H3. The van der Waals surface area contributed by atoms with Crippen molar-refractivity contribution in [3.63, 3.8) is 0 Å². The molecule has 4 heterocycles. The number of fused-ring (bicyclic) bond motifs is 2. The highest BCUT2D eigenvalue weighted by molar-refractivity contribution is 6.09. The van der Waals surface area contributed by atoms with Gasteiger partial charge in [0.2, 0.25) is 5.96 Å². The van der Waals surface area contributed by atoms with Gasteiger partial charge in [-0.25, -0.2) is 0 Å². The normalized spacial score (nSPS) is 25.2. The molecule has 0 spiro atoms. The number of amides is 1. The molecule has 28 heavy (non-hydrogen) atoms. The Kier molecular flexibility index (Phi) is 4.69. The first-order valence-corrected chi connectivity index (χ1v) is 10.5. The van der Waals surface area contributed by atoms with Gasteiger partial charge in [-0.3, -0.25) is 19.6 Å². The number of aryl methyl sites for hydroxylation is 1. The predicted octanol–water partition coefficient (Wildman–Crippen LogP) is 1.58. The highest BCUT2D eigenvalue weighted by Crippen LogP contribution is 2.32. The number of rotatable bonds is 4. The second kappa shape index (κ2) is 7.33. The Hall–Kier alpha value is -2.18. The van der Waals surface area contributed by atoms with Gasteiger partial charge in [0.1, 0.15) is 0 Å². The van der Waals surface area contributed by atoms with E-state index in [-0.39, 0.29) is 5.91 Å². The molecule has 0 aliphatic carbocycles. The van der Waals surface area contributed by atoms with Crippen LogP contribution in [-0.4, -0.2) is 72.4 Å². The third kappa shape index (κ3) is 3.14. The summed E-state index contributed by atoms with van der Waals surface area (Å²) in [5.41, 5.74) is 4.63. The topological polar surface area (TPSA) is 51.2 Å². The molecule has 0 aromatic heterocycles. The number of aliphatic imine (C=N–C) groups is 1. The lowest BCUT2D eigenvalue weighted by molar-refractivity contribution is -0.125. The van der Waals surface area contributed by atoms with Gasteiger partial charge in [0.15, 0.2) is 0 Å². The first-order valence-electron chi connectivity index (χ1n) is 10.5. The van der Waals surface area contributed by atoms with Gasteiger partial charge in [-0.1, -0.05) is 24.3 Å². The van der Waals surface area contributed by atoms with Gasteiger partial charge in [-0.15, -0.1) is 0 Å². The summed E-state index contributed by atoms with van der Waals surface area (Å²) in [4.78, 5) is 24.9. The lowest BCUT2D eigenvalue weighted by Gasteiger charge is -2.42. The van der Waals surface area contributed by atoms with Gasteiger partial charge in [-0.05, 0) is 43.5 Å². The van der Waals surface area contributed by atoms with Crippen molar-refractivity contribution in [3.05, 3.63) is 46.7 Å². The molecular weight excluding hydrogens is 350 g/mol. The van der Waals surface area contributed by atoms with Crippen molar-refractivity contribution >= 4 is 11.9 Å². The predicted molar refractivity (Wildman–Crippen MR) is 110 cm³/mol. The average molecular weight is 380 g/mol. The number of carbonyl (C=O) groups is 1. The van der Waals surface area contributed by atoms with E-state index in [1.54, 1.807) is 0 Å². The van der Waals surface area contributed by atoms with E-state index >= 15 is 0 Å². The van der Waals surface area contributed by atoms with E-state index in [4.69, 9.17) is 4.99 Å². The summed E-state index contributed by atoms with van der Waals surface area (Å²) in [6.07, 6.45) is 2.21. The summed E-state index contributed by atoms with van der Waals surface area (Å²) in [5.74, 6) is 1.73. The molecule has 4 aliphatic heterocycles. The Morgan fingerprint density at radius 1 is 1.25 bits per heavy atom. The van der Waals surface area contributed by atoms with Gasteiger partial charge in [0.05, 0.1) is 18.7 Å². The van der Waals surface area contributed by atoms with Crippen molar-refractivity contribution in [2.75, 3.05) is 45.8 Å². The smallest absolute Gasteiger partial charge is 0.259 e. The van der Waals surface area contributed by atoms with E-state index in [1.807, 2.05) is 17.0 Å². The molecule has 0 radical (unpaired) electrons. The second-order valence-electron chi connectivity index (χ2n) is 8.42. The Balaban J connectivity index is 1.40. The molecule has 1 aromatic rings. The molecule has 6 heteroatoms. The molecule has 148 valence electrons. The second-order valence-corrected chi connectivity index (χ2v) is 8.42. The van der Waals surface area contributed by atoms with Crippen molar-refractivity contribution in [1.82, 2.24) is 20.0 Å². The highest BCUT2D eigenvalue weighted by Gasteiger charge is 2.41. The summed E-state index contributed by atoms with van der Waals surface area (Å²) in [7, 11) is 0. The zero-order valence-corrected chi connectivity index (χ0v) is 16.7. The summed E-state index contributed by atoms with van der Waals surface area (Å²) >= 11 is 0. The number of nitrogens with zero attached hydrogens (tertiary/aromatic N) is 4. The lowest BCUT2D eigenvalue weighted by atomic mass is 9.98. The largest absolute Gasteiger partial charge is 0.316 e. The minimum absolute atomic E-state index is 0.157. The van der Waals surface area contributed by atoms with Crippen molar-refractivity contribution in [2.45, 2.75) is 26.3 Å². The average Bonchev–Trinajstić information content (AvgIpc) is 3.38. The third-order valence-electron chi connectivity index (χ3n) is 6.55. The third-order valence-corrected chi connectivity index (χ3v) is 6.55. The quantitative estimate of drug-likeness (QED) is 0.863. The van der Waals surface area contributed by atoms with E-state index in [9.17, 15) is 4.79 Å². The van der Waals surface area contributed by atoms with Crippen LogP contribution in [0, 0.1) is 12.8 Å². The Labute approximate surface area is 166 Å². The molecule has 1 N–H and O–H groups in total. The first kappa shape index (κ1) is 17.9. The van der Waals surface area contributed by atoms with Crippen LogP contribution < -0.4 is 5.32 Å². The van der Waals surface area contributed by atoms with E-state index in [2.05, 4.69) is 34.2 Å². The van der Waals surface area contributed by atoms with E-state index in [0.29, 0.717) is 12.5 Å². The molecule has 1 saturated heterocycles. The van der Waals surface area contributed by atoms with Crippen LogP contribution in [0.5, 0.6) is 0 Å².